The number of anilines is 1. The van der Waals surface area contributed by atoms with Gasteiger partial charge in [0, 0.05) is 19.8 Å². The van der Waals surface area contributed by atoms with Crippen molar-refractivity contribution in [2.24, 2.45) is 0 Å². The molecule has 0 saturated carbocycles. The van der Waals surface area contributed by atoms with Gasteiger partial charge in [-0.15, -0.1) is 0 Å². The van der Waals surface area contributed by atoms with Crippen molar-refractivity contribution in [1.82, 2.24) is 15.1 Å². The maximum atomic E-state index is 11.3. The van der Waals surface area contributed by atoms with E-state index in [1.165, 1.54) is 0 Å². The maximum absolute atomic E-state index is 11.3. The number of hydrogen-bond acceptors (Lipinski definition) is 5. The number of amides is 1. The van der Waals surface area contributed by atoms with E-state index >= 15 is 0 Å². The van der Waals surface area contributed by atoms with Gasteiger partial charge in [-0.3, -0.25) is 9.48 Å². The smallest absolute Gasteiger partial charge is 0.241 e. The number of carbonyl (C=O) groups excluding carboxylic acids is 1. The number of ether oxygens (including phenoxy) is 2. The molecule has 0 atom stereocenters. The molecular weight excluding hydrogens is 272 g/mol. The van der Waals surface area contributed by atoms with Crippen LogP contribution in [0.25, 0.3) is 0 Å². The van der Waals surface area contributed by atoms with Gasteiger partial charge >= 0.3 is 0 Å². The highest BCUT2D eigenvalue weighted by Gasteiger charge is 2.13. The van der Waals surface area contributed by atoms with Gasteiger partial charge in [-0.2, -0.15) is 5.10 Å². The van der Waals surface area contributed by atoms with Gasteiger partial charge in [-0.05, 0) is 17.7 Å². The lowest BCUT2D eigenvalue weighted by atomic mass is 10.2. The molecule has 2 aromatic rings. The molecule has 2 heterocycles. The molecule has 0 unspecified atom stereocenters. The first-order chi connectivity index (χ1) is 10.2. The zero-order valence-electron chi connectivity index (χ0n) is 11.6. The lowest BCUT2D eigenvalue weighted by Crippen LogP contribution is -2.23. The predicted molar refractivity (Wildman–Crippen MR) is 76.2 cm³/mol. The summed E-state index contributed by atoms with van der Waals surface area (Å²) in [7, 11) is 1.60. The van der Waals surface area contributed by atoms with Crippen LogP contribution in [0.4, 0.5) is 5.69 Å². The van der Waals surface area contributed by atoms with E-state index in [1.807, 2.05) is 18.2 Å². The normalized spacial score (nSPS) is 12.2. The minimum absolute atomic E-state index is 0.0829. The molecule has 0 saturated heterocycles. The summed E-state index contributed by atoms with van der Waals surface area (Å²) in [5.41, 5.74) is 1.94. The maximum Gasteiger partial charge on any atom is 0.241 e. The number of hydrogen-bond donors (Lipinski definition) is 2. The second-order valence-electron chi connectivity index (χ2n) is 4.64. The average molecular weight is 288 g/mol. The molecule has 0 aliphatic carbocycles. The van der Waals surface area contributed by atoms with Gasteiger partial charge in [0.2, 0.25) is 12.7 Å². The molecule has 0 bridgehead atoms. The van der Waals surface area contributed by atoms with Gasteiger partial charge in [0.25, 0.3) is 0 Å². The number of fused-ring (bicyclic) bond motifs is 1. The topological polar surface area (TPSA) is 77.4 Å². The van der Waals surface area contributed by atoms with Crippen molar-refractivity contribution in [3.8, 4) is 11.5 Å². The molecule has 0 fully saturated rings. The van der Waals surface area contributed by atoms with E-state index in [1.54, 1.807) is 24.1 Å². The molecule has 3 rings (SSSR count). The first-order valence-corrected chi connectivity index (χ1v) is 6.60. The molecule has 110 valence electrons. The fourth-order valence-corrected chi connectivity index (χ4v) is 2.02. The summed E-state index contributed by atoms with van der Waals surface area (Å²) in [6.45, 7) is 1.13. The fourth-order valence-electron chi connectivity index (χ4n) is 2.02. The number of benzene rings is 1. The molecule has 1 aromatic carbocycles. The number of likely N-dealkylation sites (N-methyl/N-ethyl adjacent to an activating group) is 1. The van der Waals surface area contributed by atoms with Gasteiger partial charge in [-0.1, -0.05) is 6.07 Å². The quantitative estimate of drug-likeness (QED) is 0.857. The van der Waals surface area contributed by atoms with Crippen LogP contribution in [0.15, 0.2) is 30.6 Å². The van der Waals surface area contributed by atoms with E-state index in [0.29, 0.717) is 6.54 Å². The Morgan fingerprint density at radius 1 is 1.38 bits per heavy atom. The molecule has 2 N–H and O–H groups in total. The van der Waals surface area contributed by atoms with E-state index in [0.717, 1.165) is 22.7 Å². The van der Waals surface area contributed by atoms with Crippen LogP contribution < -0.4 is 20.1 Å². The van der Waals surface area contributed by atoms with Crippen molar-refractivity contribution in [2.45, 2.75) is 13.1 Å². The zero-order chi connectivity index (χ0) is 14.7. The molecule has 21 heavy (non-hydrogen) atoms. The van der Waals surface area contributed by atoms with Gasteiger partial charge in [0.1, 0.15) is 6.54 Å². The van der Waals surface area contributed by atoms with Gasteiger partial charge in [-0.25, -0.2) is 0 Å². The van der Waals surface area contributed by atoms with Crippen molar-refractivity contribution < 1.29 is 14.3 Å². The van der Waals surface area contributed by atoms with Crippen molar-refractivity contribution in [3.05, 3.63) is 36.2 Å². The summed E-state index contributed by atoms with van der Waals surface area (Å²) < 4.78 is 12.2. The Kier molecular flexibility index (Phi) is 3.63. The van der Waals surface area contributed by atoms with E-state index in [9.17, 15) is 4.79 Å². The first-order valence-electron chi connectivity index (χ1n) is 6.60. The number of aromatic nitrogens is 2. The molecule has 7 nitrogen and oxygen atoms in total. The molecule has 1 amide bonds. The number of rotatable bonds is 5. The van der Waals surface area contributed by atoms with Crippen LogP contribution in [0.1, 0.15) is 5.56 Å². The third-order valence-electron chi connectivity index (χ3n) is 3.15. The monoisotopic (exact) mass is 288 g/mol. The fraction of sp³-hybridized carbons (Fsp3) is 0.286. The van der Waals surface area contributed by atoms with Crippen LogP contribution in [-0.2, 0) is 17.9 Å². The molecule has 1 aromatic heterocycles. The number of carbonyl (C=O) groups is 1. The van der Waals surface area contributed by atoms with Gasteiger partial charge in [0.05, 0.1) is 11.9 Å². The summed E-state index contributed by atoms with van der Waals surface area (Å²) in [4.78, 5) is 11.3. The van der Waals surface area contributed by atoms with E-state index < -0.39 is 0 Å². The lowest BCUT2D eigenvalue weighted by molar-refractivity contribution is -0.121. The largest absolute Gasteiger partial charge is 0.454 e. The Bertz CT molecular complexity index is 653. The van der Waals surface area contributed by atoms with Crippen molar-refractivity contribution in [1.29, 1.82) is 0 Å². The van der Waals surface area contributed by atoms with Crippen LogP contribution in [0.2, 0.25) is 0 Å². The van der Waals surface area contributed by atoms with E-state index in [4.69, 9.17) is 9.47 Å². The van der Waals surface area contributed by atoms with Crippen LogP contribution >= 0.6 is 0 Å². The summed E-state index contributed by atoms with van der Waals surface area (Å²) >= 11 is 0. The summed E-state index contributed by atoms with van der Waals surface area (Å²) in [6.07, 6.45) is 3.48. The average Bonchev–Trinajstić information content (AvgIpc) is 3.13. The molecule has 0 spiro atoms. The third kappa shape index (κ3) is 3.07. The molecule has 1 aliphatic heterocycles. The summed E-state index contributed by atoms with van der Waals surface area (Å²) in [5, 5.41) is 9.93. The molecule has 1 aliphatic rings. The molecule has 0 radical (unpaired) electrons. The minimum atomic E-state index is -0.0829. The number of nitrogens with zero attached hydrogens (tertiary/aromatic N) is 2. The minimum Gasteiger partial charge on any atom is -0.454 e. The highest BCUT2D eigenvalue weighted by Crippen LogP contribution is 2.32. The van der Waals surface area contributed by atoms with Gasteiger partial charge in [0.15, 0.2) is 11.5 Å². The Labute approximate surface area is 121 Å². The predicted octanol–water partition coefficient (Wildman–Crippen LogP) is 0.970. The van der Waals surface area contributed by atoms with Gasteiger partial charge < -0.3 is 20.1 Å². The lowest BCUT2D eigenvalue weighted by Gasteiger charge is -2.05. The van der Waals surface area contributed by atoms with Crippen molar-refractivity contribution in [3.63, 3.8) is 0 Å². The van der Waals surface area contributed by atoms with Crippen LogP contribution in [0, 0.1) is 0 Å². The van der Waals surface area contributed by atoms with Crippen molar-refractivity contribution in [2.75, 3.05) is 19.2 Å². The zero-order valence-corrected chi connectivity index (χ0v) is 11.6. The van der Waals surface area contributed by atoms with E-state index in [-0.39, 0.29) is 19.2 Å². The first kappa shape index (κ1) is 13.3. The highest BCUT2D eigenvalue weighted by atomic mass is 16.7. The summed E-state index contributed by atoms with van der Waals surface area (Å²) in [5.74, 6) is 1.46. The Morgan fingerprint density at radius 3 is 3.10 bits per heavy atom. The third-order valence-corrected chi connectivity index (χ3v) is 3.15. The highest BCUT2D eigenvalue weighted by molar-refractivity contribution is 5.75. The Balaban J connectivity index is 1.59. The summed E-state index contributed by atoms with van der Waals surface area (Å²) in [6, 6.07) is 5.83. The van der Waals surface area contributed by atoms with Crippen molar-refractivity contribution >= 4 is 11.6 Å². The van der Waals surface area contributed by atoms with E-state index in [2.05, 4.69) is 15.7 Å². The Hall–Kier alpha value is -2.70. The van der Waals surface area contributed by atoms with Crippen LogP contribution in [-0.4, -0.2) is 29.5 Å². The standard InChI is InChI=1S/C14H16N4O3/c1-15-14(19)8-18-7-11(6-17-18)16-5-10-2-3-12-13(4-10)21-9-20-12/h2-4,6-7,16H,5,8-9H2,1H3,(H,15,19). The number of nitrogens with one attached hydrogen (secondary N) is 2. The molecular formula is C14H16N4O3. The van der Waals surface area contributed by atoms with Crippen LogP contribution in [0.3, 0.4) is 0 Å². The van der Waals surface area contributed by atoms with Crippen LogP contribution in [0.5, 0.6) is 11.5 Å². The molecule has 7 heteroatoms. The SMILES string of the molecule is CNC(=O)Cn1cc(NCc2ccc3c(c2)OCO3)cn1. The Morgan fingerprint density at radius 2 is 2.24 bits per heavy atom. The second-order valence-corrected chi connectivity index (χ2v) is 4.64. The second kappa shape index (κ2) is 5.74.